The molecule has 1 atom stereocenters. The highest BCUT2D eigenvalue weighted by Gasteiger charge is 2.20. The minimum atomic E-state index is -0.328. The van der Waals surface area contributed by atoms with Gasteiger partial charge in [0.1, 0.15) is 0 Å². The second-order valence-electron chi connectivity index (χ2n) is 5.23. The molecule has 1 N–H and O–H groups in total. The van der Waals surface area contributed by atoms with Gasteiger partial charge in [-0.3, -0.25) is 0 Å². The maximum atomic E-state index is 9.11. The summed E-state index contributed by atoms with van der Waals surface area (Å²) >= 11 is 3.56. The number of nitriles is 1. The van der Waals surface area contributed by atoms with E-state index in [1.54, 1.807) is 22.7 Å². The molecule has 2 rings (SSSR count). The van der Waals surface area contributed by atoms with Crippen molar-refractivity contribution in [1.29, 1.82) is 5.26 Å². The molecule has 0 radical (unpaired) electrons. The van der Waals surface area contributed by atoms with E-state index in [1.807, 2.05) is 13.8 Å². The fourth-order valence-electron chi connectivity index (χ4n) is 1.81. The number of nitrogens with zero attached hydrogens (tertiary/aromatic N) is 1. The summed E-state index contributed by atoms with van der Waals surface area (Å²) in [6.45, 7) is 4.64. The summed E-state index contributed by atoms with van der Waals surface area (Å²) in [5, 5.41) is 16.9. The van der Waals surface area contributed by atoms with Crippen LogP contribution >= 0.6 is 22.7 Å². The van der Waals surface area contributed by atoms with Gasteiger partial charge < -0.3 is 5.32 Å². The summed E-state index contributed by atoms with van der Waals surface area (Å²) in [5.74, 6) is 0. The van der Waals surface area contributed by atoms with E-state index in [1.165, 1.54) is 9.75 Å². The molecule has 2 nitrogen and oxygen atoms in total. The largest absolute Gasteiger partial charge is 0.307 e. The highest BCUT2D eigenvalue weighted by molar-refractivity contribution is 7.10. The van der Waals surface area contributed by atoms with Crippen LogP contribution in [0.1, 0.15) is 29.6 Å². The third-order valence-corrected chi connectivity index (χ3v) is 4.85. The average molecular weight is 290 g/mol. The Bertz CT molecular complexity index is 521. The van der Waals surface area contributed by atoms with Crippen LogP contribution in [0.2, 0.25) is 0 Å². The Labute approximate surface area is 122 Å². The van der Waals surface area contributed by atoms with E-state index in [2.05, 4.69) is 46.4 Å². The molecule has 0 fully saturated rings. The molecule has 0 aromatic carbocycles. The molecule has 0 saturated heterocycles. The Morgan fingerprint density at radius 2 is 2.00 bits per heavy atom. The van der Waals surface area contributed by atoms with E-state index in [-0.39, 0.29) is 5.41 Å². The first-order valence-electron chi connectivity index (χ1n) is 6.31. The first kappa shape index (κ1) is 14.3. The number of nitrogens with one attached hydrogen (secondary N) is 1. The molecule has 2 aromatic heterocycles. The van der Waals surface area contributed by atoms with E-state index in [0.29, 0.717) is 12.6 Å². The van der Waals surface area contributed by atoms with Gasteiger partial charge in [-0.1, -0.05) is 12.1 Å². The minimum absolute atomic E-state index is 0.297. The summed E-state index contributed by atoms with van der Waals surface area (Å²) in [7, 11) is 0. The van der Waals surface area contributed by atoms with Crippen molar-refractivity contribution in [1.82, 2.24) is 5.32 Å². The molecular weight excluding hydrogens is 272 g/mol. The molecule has 0 saturated carbocycles. The highest BCUT2D eigenvalue weighted by atomic mass is 32.1. The lowest BCUT2D eigenvalue weighted by molar-refractivity contribution is 0.405. The van der Waals surface area contributed by atoms with Crippen LogP contribution in [-0.4, -0.2) is 6.54 Å². The standard InChI is InChI=1S/C15H18N2S2/c1-15(2,10-16)11-17-13(14-6-4-8-19-14)9-12-5-3-7-18-12/h3-8,13,17H,9,11H2,1-2H3. The zero-order chi connectivity index (χ0) is 13.7. The Balaban J connectivity index is 2.05. The van der Waals surface area contributed by atoms with Crippen LogP contribution in [0.5, 0.6) is 0 Å². The molecule has 19 heavy (non-hydrogen) atoms. The van der Waals surface area contributed by atoms with Gasteiger partial charge in [-0.05, 0) is 36.7 Å². The summed E-state index contributed by atoms with van der Waals surface area (Å²) in [6, 6.07) is 11.1. The van der Waals surface area contributed by atoms with Crippen molar-refractivity contribution in [3.05, 3.63) is 44.8 Å². The molecule has 2 aromatic rings. The van der Waals surface area contributed by atoms with Gasteiger partial charge in [-0.15, -0.1) is 22.7 Å². The van der Waals surface area contributed by atoms with E-state index in [9.17, 15) is 0 Å². The second kappa shape index (κ2) is 6.33. The predicted molar refractivity (Wildman–Crippen MR) is 82.5 cm³/mol. The number of thiophene rings is 2. The van der Waals surface area contributed by atoms with Gasteiger partial charge in [-0.25, -0.2) is 0 Å². The topological polar surface area (TPSA) is 35.8 Å². The summed E-state index contributed by atoms with van der Waals surface area (Å²) in [4.78, 5) is 2.71. The molecule has 0 aliphatic heterocycles. The van der Waals surface area contributed by atoms with Gasteiger partial charge >= 0.3 is 0 Å². The van der Waals surface area contributed by atoms with Crippen LogP contribution in [0.4, 0.5) is 0 Å². The van der Waals surface area contributed by atoms with Crippen molar-refractivity contribution in [2.45, 2.75) is 26.3 Å². The van der Waals surface area contributed by atoms with E-state index in [0.717, 1.165) is 6.42 Å². The molecule has 0 amide bonds. The van der Waals surface area contributed by atoms with Crippen molar-refractivity contribution in [3.63, 3.8) is 0 Å². The lowest BCUT2D eigenvalue weighted by Gasteiger charge is -2.22. The molecule has 0 aliphatic rings. The Kier molecular flexibility index (Phi) is 4.76. The normalized spacial score (nSPS) is 13.1. The fraction of sp³-hybridized carbons (Fsp3) is 0.400. The summed E-state index contributed by atoms with van der Waals surface area (Å²) in [5.41, 5.74) is -0.328. The molecule has 0 bridgehead atoms. The van der Waals surface area contributed by atoms with Crippen LogP contribution < -0.4 is 5.32 Å². The van der Waals surface area contributed by atoms with E-state index in [4.69, 9.17) is 5.26 Å². The zero-order valence-corrected chi connectivity index (χ0v) is 12.9. The maximum absolute atomic E-state index is 9.11. The van der Waals surface area contributed by atoms with E-state index >= 15 is 0 Å². The first-order chi connectivity index (χ1) is 9.11. The average Bonchev–Trinajstić information content (AvgIpc) is 3.07. The summed E-state index contributed by atoms with van der Waals surface area (Å²) in [6.07, 6.45) is 0.986. The maximum Gasteiger partial charge on any atom is 0.0697 e. The van der Waals surface area contributed by atoms with Gasteiger partial charge in [0.2, 0.25) is 0 Å². The molecule has 2 heterocycles. The SMILES string of the molecule is CC(C)(C#N)CNC(Cc1cccs1)c1cccs1. The summed E-state index contributed by atoms with van der Waals surface area (Å²) < 4.78 is 0. The van der Waals surface area contributed by atoms with Crippen LogP contribution in [0.25, 0.3) is 0 Å². The second-order valence-corrected chi connectivity index (χ2v) is 7.24. The smallest absolute Gasteiger partial charge is 0.0697 e. The van der Waals surface area contributed by atoms with Gasteiger partial charge in [-0.2, -0.15) is 5.26 Å². The van der Waals surface area contributed by atoms with Crippen molar-refractivity contribution in [2.24, 2.45) is 5.41 Å². The molecule has 1 unspecified atom stereocenters. The molecular formula is C15H18N2S2. The van der Waals surface area contributed by atoms with Gasteiger partial charge in [0.25, 0.3) is 0 Å². The van der Waals surface area contributed by atoms with Crippen LogP contribution in [0.3, 0.4) is 0 Å². The lowest BCUT2D eigenvalue weighted by atomic mass is 9.95. The molecule has 0 spiro atoms. The van der Waals surface area contributed by atoms with Crippen molar-refractivity contribution < 1.29 is 0 Å². The minimum Gasteiger partial charge on any atom is -0.307 e. The number of hydrogen-bond donors (Lipinski definition) is 1. The van der Waals surface area contributed by atoms with Crippen LogP contribution in [0, 0.1) is 16.7 Å². The van der Waals surface area contributed by atoms with Gasteiger partial charge in [0.15, 0.2) is 0 Å². The van der Waals surface area contributed by atoms with Crippen molar-refractivity contribution in [3.8, 4) is 6.07 Å². The Hall–Kier alpha value is -1.15. The fourth-order valence-corrected chi connectivity index (χ4v) is 3.36. The molecule has 0 aliphatic carbocycles. The van der Waals surface area contributed by atoms with Gasteiger partial charge in [0, 0.05) is 28.8 Å². The van der Waals surface area contributed by atoms with Crippen molar-refractivity contribution in [2.75, 3.05) is 6.54 Å². The lowest BCUT2D eigenvalue weighted by Crippen LogP contribution is -2.32. The zero-order valence-electron chi connectivity index (χ0n) is 11.2. The first-order valence-corrected chi connectivity index (χ1v) is 8.07. The Morgan fingerprint density at radius 3 is 2.58 bits per heavy atom. The van der Waals surface area contributed by atoms with Crippen LogP contribution in [-0.2, 0) is 6.42 Å². The van der Waals surface area contributed by atoms with Crippen LogP contribution in [0.15, 0.2) is 35.0 Å². The number of rotatable bonds is 6. The highest BCUT2D eigenvalue weighted by Crippen LogP contribution is 2.26. The molecule has 100 valence electrons. The quantitative estimate of drug-likeness (QED) is 0.864. The third-order valence-electron chi connectivity index (χ3n) is 2.97. The van der Waals surface area contributed by atoms with E-state index < -0.39 is 0 Å². The van der Waals surface area contributed by atoms with Crippen molar-refractivity contribution >= 4 is 22.7 Å². The molecule has 4 heteroatoms. The monoisotopic (exact) mass is 290 g/mol. The predicted octanol–water partition coefficient (Wildman–Crippen LogP) is 4.23. The number of hydrogen-bond acceptors (Lipinski definition) is 4. The Morgan fingerprint density at radius 1 is 1.26 bits per heavy atom. The third kappa shape index (κ3) is 4.17. The van der Waals surface area contributed by atoms with Gasteiger partial charge in [0.05, 0.1) is 11.5 Å².